The van der Waals surface area contributed by atoms with Gasteiger partial charge >= 0.3 is 0 Å². The molecule has 2 nitrogen and oxygen atoms in total. The SMILES string of the molecule is C1=Nc2ccccc2[C@H]1C[C]1CCCCC1=Cc1ccco1. The smallest absolute Gasteiger partial charge is 0.126 e. The molecule has 22 heavy (non-hydrogen) atoms. The van der Waals surface area contributed by atoms with Gasteiger partial charge in [-0.1, -0.05) is 30.2 Å². The Kier molecular flexibility index (Phi) is 3.67. The van der Waals surface area contributed by atoms with Gasteiger partial charge < -0.3 is 4.42 Å². The lowest BCUT2D eigenvalue weighted by molar-refractivity contribution is 0.551. The summed E-state index contributed by atoms with van der Waals surface area (Å²) in [6, 6.07) is 12.5. The standard InChI is InChI=1S/C20H20NO/c1-2-7-16(13-18-8-5-11-22-18)15(6-1)12-17-14-21-20-10-4-3-9-19(17)20/h3-5,8-11,13-14,17H,1-2,6-7,12H2/t17-/m0/s1. The number of rotatable bonds is 3. The van der Waals surface area contributed by atoms with Gasteiger partial charge in [-0.15, -0.1) is 0 Å². The first-order valence-corrected chi connectivity index (χ1v) is 8.12. The van der Waals surface area contributed by atoms with E-state index in [9.17, 15) is 0 Å². The summed E-state index contributed by atoms with van der Waals surface area (Å²) in [4.78, 5) is 4.57. The Balaban J connectivity index is 1.55. The van der Waals surface area contributed by atoms with Gasteiger partial charge in [0.2, 0.25) is 0 Å². The number of para-hydroxylation sites is 1. The van der Waals surface area contributed by atoms with Crippen molar-refractivity contribution in [1.29, 1.82) is 0 Å². The Hall–Kier alpha value is -2.09. The maximum Gasteiger partial charge on any atom is 0.126 e. The average molecular weight is 290 g/mol. The van der Waals surface area contributed by atoms with Gasteiger partial charge in [0.05, 0.1) is 12.0 Å². The van der Waals surface area contributed by atoms with E-state index in [4.69, 9.17) is 4.42 Å². The van der Waals surface area contributed by atoms with E-state index < -0.39 is 0 Å². The first kappa shape index (κ1) is 13.6. The number of fused-ring (bicyclic) bond motifs is 1. The molecule has 1 radical (unpaired) electrons. The van der Waals surface area contributed by atoms with Crippen LogP contribution in [0.5, 0.6) is 0 Å². The molecule has 2 aromatic rings. The second-order valence-corrected chi connectivity index (χ2v) is 6.14. The van der Waals surface area contributed by atoms with Gasteiger partial charge in [-0.05, 0) is 55.5 Å². The fourth-order valence-corrected chi connectivity index (χ4v) is 3.54. The van der Waals surface area contributed by atoms with Crippen molar-refractivity contribution in [3.63, 3.8) is 0 Å². The molecule has 0 bridgehead atoms. The topological polar surface area (TPSA) is 25.5 Å². The summed E-state index contributed by atoms with van der Waals surface area (Å²) in [5.41, 5.74) is 3.98. The van der Waals surface area contributed by atoms with E-state index in [2.05, 4.69) is 41.5 Å². The molecule has 0 saturated heterocycles. The van der Waals surface area contributed by atoms with Gasteiger partial charge in [-0.25, -0.2) is 0 Å². The van der Waals surface area contributed by atoms with Gasteiger partial charge in [0.1, 0.15) is 5.76 Å². The Bertz CT molecular complexity index is 696. The number of benzene rings is 1. The Morgan fingerprint density at radius 1 is 1.09 bits per heavy atom. The van der Waals surface area contributed by atoms with Crippen LogP contribution in [0, 0.1) is 5.92 Å². The zero-order chi connectivity index (χ0) is 14.8. The Morgan fingerprint density at radius 3 is 2.91 bits per heavy atom. The van der Waals surface area contributed by atoms with E-state index in [1.54, 1.807) is 12.2 Å². The molecular weight excluding hydrogens is 270 g/mol. The first-order chi connectivity index (χ1) is 10.9. The summed E-state index contributed by atoms with van der Waals surface area (Å²) < 4.78 is 5.49. The van der Waals surface area contributed by atoms with Gasteiger partial charge in [0, 0.05) is 18.1 Å². The van der Waals surface area contributed by atoms with Crippen LogP contribution in [0.15, 0.2) is 57.6 Å². The fraction of sp³-hybridized carbons (Fsp3) is 0.300. The highest BCUT2D eigenvalue weighted by Crippen LogP contribution is 2.42. The molecule has 1 aromatic heterocycles. The van der Waals surface area contributed by atoms with Crippen LogP contribution in [0.25, 0.3) is 6.08 Å². The van der Waals surface area contributed by atoms with Crippen LogP contribution in [0.2, 0.25) is 0 Å². The van der Waals surface area contributed by atoms with Gasteiger partial charge in [-0.3, -0.25) is 4.99 Å². The molecular formula is C20H20NO. The summed E-state index contributed by atoms with van der Waals surface area (Å²) >= 11 is 0. The van der Waals surface area contributed by atoms with Crippen LogP contribution in [0.3, 0.4) is 0 Å². The van der Waals surface area contributed by atoms with Crippen LogP contribution in [-0.2, 0) is 0 Å². The summed E-state index contributed by atoms with van der Waals surface area (Å²) in [5, 5.41) is 0. The summed E-state index contributed by atoms with van der Waals surface area (Å²) in [5.74, 6) is 2.98. The Labute approximate surface area is 131 Å². The number of allylic oxidation sites excluding steroid dienone is 1. The molecule has 1 fully saturated rings. The third kappa shape index (κ3) is 2.66. The van der Waals surface area contributed by atoms with Crippen LogP contribution in [-0.4, -0.2) is 6.21 Å². The zero-order valence-electron chi connectivity index (χ0n) is 12.7. The molecule has 111 valence electrons. The molecule has 2 aliphatic rings. The number of furan rings is 1. The van der Waals surface area contributed by atoms with Crippen molar-refractivity contribution < 1.29 is 4.42 Å². The average Bonchev–Trinajstić information content (AvgIpc) is 3.20. The van der Waals surface area contributed by atoms with Crippen molar-refractivity contribution in [3.8, 4) is 0 Å². The molecule has 2 heterocycles. The van der Waals surface area contributed by atoms with Crippen molar-refractivity contribution in [2.75, 3.05) is 0 Å². The van der Waals surface area contributed by atoms with Crippen molar-refractivity contribution in [2.45, 2.75) is 38.0 Å². The van der Waals surface area contributed by atoms with E-state index in [1.807, 2.05) is 12.1 Å². The number of nitrogens with zero attached hydrogens (tertiary/aromatic N) is 1. The highest BCUT2D eigenvalue weighted by atomic mass is 16.3. The lowest BCUT2D eigenvalue weighted by atomic mass is 9.77. The molecule has 1 saturated carbocycles. The molecule has 0 N–H and O–H groups in total. The molecule has 2 heteroatoms. The fourth-order valence-electron chi connectivity index (χ4n) is 3.54. The van der Waals surface area contributed by atoms with Gasteiger partial charge in [-0.2, -0.15) is 0 Å². The van der Waals surface area contributed by atoms with Crippen LogP contribution in [0.4, 0.5) is 5.69 Å². The molecule has 1 aliphatic heterocycles. The molecule has 4 rings (SSSR count). The molecule has 1 aliphatic carbocycles. The predicted molar refractivity (Wildman–Crippen MR) is 90.3 cm³/mol. The second-order valence-electron chi connectivity index (χ2n) is 6.14. The van der Waals surface area contributed by atoms with Crippen molar-refractivity contribution >= 4 is 18.0 Å². The summed E-state index contributed by atoms with van der Waals surface area (Å²) in [7, 11) is 0. The maximum absolute atomic E-state index is 5.49. The third-order valence-electron chi connectivity index (χ3n) is 4.68. The van der Waals surface area contributed by atoms with Crippen LogP contribution in [0.1, 0.15) is 49.3 Å². The minimum atomic E-state index is 0.435. The Morgan fingerprint density at radius 2 is 2.00 bits per heavy atom. The molecule has 1 aromatic carbocycles. The first-order valence-electron chi connectivity index (χ1n) is 8.12. The molecule has 0 amide bonds. The van der Waals surface area contributed by atoms with Crippen LogP contribution >= 0.6 is 0 Å². The highest BCUT2D eigenvalue weighted by Gasteiger charge is 2.26. The quantitative estimate of drug-likeness (QED) is 0.711. The predicted octanol–water partition coefficient (Wildman–Crippen LogP) is 5.70. The van der Waals surface area contributed by atoms with Gasteiger partial charge in [0.15, 0.2) is 0 Å². The molecule has 0 spiro atoms. The maximum atomic E-state index is 5.49. The van der Waals surface area contributed by atoms with E-state index in [-0.39, 0.29) is 0 Å². The minimum Gasteiger partial charge on any atom is -0.465 e. The number of hydrogen-bond donors (Lipinski definition) is 0. The largest absolute Gasteiger partial charge is 0.465 e. The van der Waals surface area contributed by atoms with Crippen molar-refractivity contribution in [3.05, 3.63) is 65.5 Å². The van der Waals surface area contributed by atoms with Crippen molar-refractivity contribution in [1.82, 2.24) is 0 Å². The lowest BCUT2D eigenvalue weighted by Crippen LogP contribution is -2.12. The second kappa shape index (κ2) is 5.96. The lowest BCUT2D eigenvalue weighted by Gasteiger charge is -2.26. The minimum absolute atomic E-state index is 0.435. The number of hydrogen-bond acceptors (Lipinski definition) is 2. The van der Waals surface area contributed by atoms with Crippen molar-refractivity contribution in [2.24, 2.45) is 4.99 Å². The third-order valence-corrected chi connectivity index (χ3v) is 4.68. The number of aliphatic imine (C=N–C) groups is 1. The monoisotopic (exact) mass is 290 g/mol. The van der Waals surface area contributed by atoms with Gasteiger partial charge in [0.25, 0.3) is 0 Å². The van der Waals surface area contributed by atoms with E-state index in [0.29, 0.717) is 5.92 Å². The van der Waals surface area contributed by atoms with E-state index in [0.717, 1.165) is 17.9 Å². The summed E-state index contributed by atoms with van der Waals surface area (Å²) in [6.45, 7) is 0. The van der Waals surface area contributed by atoms with E-state index >= 15 is 0 Å². The van der Waals surface area contributed by atoms with E-state index in [1.165, 1.54) is 36.8 Å². The molecule has 1 atom stereocenters. The van der Waals surface area contributed by atoms with Crippen LogP contribution < -0.4 is 0 Å². The summed E-state index contributed by atoms with van der Waals surface area (Å²) in [6.07, 6.45) is 12.1. The molecule has 0 unspecified atom stereocenters. The highest BCUT2D eigenvalue weighted by molar-refractivity contribution is 5.81. The normalized spacial score (nSPS) is 23.1. The zero-order valence-corrected chi connectivity index (χ0v) is 12.7.